The zero-order chi connectivity index (χ0) is 11.9. The third-order valence-corrected chi connectivity index (χ3v) is 3.03. The van der Waals surface area contributed by atoms with E-state index < -0.39 is 12.1 Å². The molecule has 4 heteroatoms. The Bertz CT molecular complexity index is 476. The first-order chi connectivity index (χ1) is 7.54. The van der Waals surface area contributed by atoms with E-state index in [4.69, 9.17) is 9.84 Å². The van der Waals surface area contributed by atoms with Crippen molar-refractivity contribution < 1.29 is 19.4 Å². The van der Waals surface area contributed by atoms with Gasteiger partial charge in [0.25, 0.3) is 0 Å². The smallest absolute Gasteiger partial charge is 0.345 e. The van der Waals surface area contributed by atoms with Crippen molar-refractivity contribution in [1.82, 2.24) is 0 Å². The lowest BCUT2D eigenvalue weighted by Crippen LogP contribution is -2.24. The summed E-state index contributed by atoms with van der Waals surface area (Å²) in [4.78, 5) is 21.7. The molecule has 0 spiro atoms. The molecule has 1 heterocycles. The van der Waals surface area contributed by atoms with Crippen LogP contribution in [0.15, 0.2) is 6.07 Å². The van der Waals surface area contributed by atoms with Crippen molar-refractivity contribution in [2.75, 3.05) is 0 Å². The molecular weight excluding hydrogens is 208 g/mol. The van der Waals surface area contributed by atoms with Crippen LogP contribution < -0.4 is 4.74 Å². The highest BCUT2D eigenvalue weighted by molar-refractivity contribution is 5.81. The van der Waals surface area contributed by atoms with Crippen LogP contribution in [0.3, 0.4) is 0 Å². The molecule has 0 fully saturated rings. The predicted octanol–water partition coefficient (Wildman–Crippen LogP) is 1.50. The first-order valence-electron chi connectivity index (χ1n) is 5.02. The molecule has 2 rings (SSSR count). The summed E-state index contributed by atoms with van der Waals surface area (Å²) < 4.78 is 5.36. The van der Waals surface area contributed by atoms with Gasteiger partial charge in [-0.05, 0) is 36.6 Å². The fourth-order valence-electron chi connectivity index (χ4n) is 1.95. The highest BCUT2D eigenvalue weighted by Crippen LogP contribution is 2.35. The van der Waals surface area contributed by atoms with Gasteiger partial charge < -0.3 is 9.84 Å². The summed E-state index contributed by atoms with van der Waals surface area (Å²) in [6.07, 6.45) is 0.290. The van der Waals surface area contributed by atoms with Gasteiger partial charge in [-0.1, -0.05) is 0 Å². The highest BCUT2D eigenvalue weighted by atomic mass is 16.5. The molecule has 0 saturated heterocycles. The monoisotopic (exact) mass is 220 g/mol. The summed E-state index contributed by atoms with van der Waals surface area (Å²) in [5.74, 6) is -0.351. The van der Waals surface area contributed by atoms with Gasteiger partial charge in [0.1, 0.15) is 12.0 Å². The van der Waals surface area contributed by atoms with Crippen LogP contribution in [0.4, 0.5) is 0 Å². The molecule has 1 atom stereocenters. The summed E-state index contributed by atoms with van der Waals surface area (Å²) in [5, 5.41) is 8.88. The van der Waals surface area contributed by atoms with Gasteiger partial charge in [-0.25, -0.2) is 4.79 Å². The molecule has 84 valence electrons. The van der Waals surface area contributed by atoms with Gasteiger partial charge in [-0.2, -0.15) is 0 Å². The van der Waals surface area contributed by atoms with Gasteiger partial charge in [-0.3, -0.25) is 4.79 Å². The maximum Gasteiger partial charge on any atom is 0.345 e. The Kier molecular flexibility index (Phi) is 2.42. The minimum absolute atomic E-state index is 0.326. The maximum atomic E-state index is 10.8. The van der Waals surface area contributed by atoms with Crippen LogP contribution in [0, 0.1) is 13.8 Å². The number of carboxylic acid groups (broad SMARTS) is 1. The van der Waals surface area contributed by atoms with E-state index >= 15 is 0 Å². The Labute approximate surface area is 92.8 Å². The van der Waals surface area contributed by atoms with E-state index in [1.807, 2.05) is 13.8 Å². The third kappa shape index (κ3) is 1.46. The Morgan fingerprint density at radius 2 is 2.19 bits per heavy atom. The number of benzene rings is 1. The van der Waals surface area contributed by atoms with Crippen molar-refractivity contribution in [1.29, 1.82) is 0 Å². The van der Waals surface area contributed by atoms with Crippen LogP contribution in [0.2, 0.25) is 0 Å². The van der Waals surface area contributed by atoms with E-state index in [2.05, 4.69) is 0 Å². The second-order valence-electron chi connectivity index (χ2n) is 3.97. The van der Waals surface area contributed by atoms with Crippen molar-refractivity contribution in [2.24, 2.45) is 0 Å². The SMILES string of the molecule is Cc1c(C=O)cc2c(c1C)OC(C(=O)O)C2. The first-order valence-corrected chi connectivity index (χ1v) is 5.02. The van der Waals surface area contributed by atoms with Gasteiger partial charge in [0.15, 0.2) is 6.10 Å². The van der Waals surface area contributed by atoms with Crippen LogP contribution in [0.1, 0.15) is 27.0 Å². The Morgan fingerprint density at radius 1 is 1.50 bits per heavy atom. The molecule has 1 aromatic rings. The molecular formula is C12H12O4. The van der Waals surface area contributed by atoms with E-state index in [1.165, 1.54) is 0 Å². The number of carbonyl (C=O) groups excluding carboxylic acids is 1. The number of hydrogen-bond donors (Lipinski definition) is 1. The van der Waals surface area contributed by atoms with E-state index in [-0.39, 0.29) is 0 Å². The van der Waals surface area contributed by atoms with E-state index in [9.17, 15) is 9.59 Å². The van der Waals surface area contributed by atoms with Crippen molar-refractivity contribution in [3.05, 3.63) is 28.3 Å². The molecule has 1 aromatic carbocycles. The normalized spacial score (nSPS) is 17.8. The number of carbonyl (C=O) groups is 2. The quantitative estimate of drug-likeness (QED) is 0.767. The topological polar surface area (TPSA) is 63.6 Å². The number of aliphatic carboxylic acids is 1. The average molecular weight is 220 g/mol. The van der Waals surface area contributed by atoms with Crippen molar-refractivity contribution in [3.63, 3.8) is 0 Å². The van der Waals surface area contributed by atoms with Crippen LogP contribution in [0.5, 0.6) is 5.75 Å². The van der Waals surface area contributed by atoms with Gasteiger partial charge >= 0.3 is 5.97 Å². The zero-order valence-electron chi connectivity index (χ0n) is 9.11. The Hall–Kier alpha value is -1.84. The number of aldehydes is 1. The number of carboxylic acids is 1. The lowest BCUT2D eigenvalue weighted by atomic mass is 9.98. The molecule has 1 aliphatic heterocycles. The predicted molar refractivity (Wildman–Crippen MR) is 57.1 cm³/mol. The first kappa shape index (κ1) is 10.7. The van der Waals surface area contributed by atoms with Crippen molar-refractivity contribution in [3.8, 4) is 5.75 Å². The van der Waals surface area contributed by atoms with Gasteiger partial charge in [-0.15, -0.1) is 0 Å². The number of hydrogen-bond acceptors (Lipinski definition) is 3. The largest absolute Gasteiger partial charge is 0.478 e. The summed E-state index contributed by atoms with van der Waals surface area (Å²) in [6.45, 7) is 3.67. The van der Waals surface area contributed by atoms with Crippen LogP contribution >= 0.6 is 0 Å². The summed E-state index contributed by atoms with van der Waals surface area (Å²) in [6, 6.07) is 1.72. The molecule has 1 N–H and O–H groups in total. The fraction of sp³-hybridized carbons (Fsp3) is 0.333. The van der Waals surface area contributed by atoms with E-state index in [0.29, 0.717) is 17.7 Å². The minimum Gasteiger partial charge on any atom is -0.478 e. The van der Waals surface area contributed by atoms with Crippen LogP contribution in [-0.2, 0) is 11.2 Å². The molecule has 16 heavy (non-hydrogen) atoms. The molecule has 4 nitrogen and oxygen atoms in total. The summed E-state index contributed by atoms with van der Waals surface area (Å²) in [7, 11) is 0. The highest BCUT2D eigenvalue weighted by Gasteiger charge is 2.31. The second kappa shape index (κ2) is 3.63. The van der Waals surface area contributed by atoms with Gasteiger partial charge in [0, 0.05) is 12.0 Å². The molecule has 0 aliphatic carbocycles. The van der Waals surface area contributed by atoms with Gasteiger partial charge in [0.05, 0.1) is 0 Å². The molecule has 1 aliphatic rings. The minimum atomic E-state index is -0.971. The molecule has 0 saturated carbocycles. The Morgan fingerprint density at radius 3 is 2.75 bits per heavy atom. The lowest BCUT2D eigenvalue weighted by molar-refractivity contribution is -0.144. The maximum absolute atomic E-state index is 10.8. The lowest BCUT2D eigenvalue weighted by Gasteiger charge is -2.10. The van der Waals surface area contributed by atoms with E-state index in [1.54, 1.807) is 6.07 Å². The zero-order valence-corrected chi connectivity index (χ0v) is 9.11. The summed E-state index contributed by atoms with van der Waals surface area (Å²) in [5.41, 5.74) is 3.10. The summed E-state index contributed by atoms with van der Waals surface area (Å²) >= 11 is 0. The Balaban J connectivity index is 2.50. The van der Waals surface area contributed by atoms with Crippen LogP contribution in [0.25, 0.3) is 0 Å². The average Bonchev–Trinajstić information content (AvgIpc) is 2.67. The molecule has 0 amide bonds. The van der Waals surface area contributed by atoms with Crippen LogP contribution in [-0.4, -0.2) is 23.5 Å². The van der Waals surface area contributed by atoms with E-state index in [0.717, 1.165) is 23.0 Å². The molecule has 0 aromatic heterocycles. The number of rotatable bonds is 2. The number of fused-ring (bicyclic) bond motifs is 1. The molecule has 1 unspecified atom stereocenters. The third-order valence-electron chi connectivity index (χ3n) is 3.03. The van der Waals surface area contributed by atoms with Gasteiger partial charge in [0.2, 0.25) is 0 Å². The standard InChI is InChI=1S/C12H12O4/c1-6-7(2)11-8(3-9(6)5-13)4-10(16-11)12(14)15/h3,5,10H,4H2,1-2H3,(H,14,15). The fourth-order valence-corrected chi connectivity index (χ4v) is 1.95. The van der Waals surface area contributed by atoms with Crippen molar-refractivity contribution in [2.45, 2.75) is 26.4 Å². The molecule has 0 radical (unpaired) electrons. The second-order valence-corrected chi connectivity index (χ2v) is 3.97. The molecule has 0 bridgehead atoms. The van der Waals surface area contributed by atoms with Crippen molar-refractivity contribution >= 4 is 12.3 Å². The number of ether oxygens (including phenoxy) is 1.